The van der Waals surface area contributed by atoms with Gasteiger partial charge in [0.25, 0.3) is 6.33 Å². The zero-order valence-electron chi connectivity index (χ0n) is 13.8. The van der Waals surface area contributed by atoms with Crippen molar-refractivity contribution >= 4 is 10.9 Å². The summed E-state index contributed by atoms with van der Waals surface area (Å²) in [7, 11) is 2.05. The number of benzene rings is 2. The number of fused-ring (bicyclic) bond motifs is 1. The molecule has 2 aromatic heterocycles. The van der Waals surface area contributed by atoms with Crippen LogP contribution in [-0.2, 0) is 7.05 Å². The molecule has 24 heavy (non-hydrogen) atoms. The number of rotatable bonds is 2. The number of nitrogens with zero attached hydrogens (tertiary/aromatic N) is 3. The van der Waals surface area contributed by atoms with Crippen molar-refractivity contribution in [3.8, 4) is 22.4 Å². The van der Waals surface area contributed by atoms with Gasteiger partial charge in [-0.15, -0.1) is 0 Å². The molecule has 0 atom stereocenters. The quantitative estimate of drug-likeness (QED) is 0.522. The Bertz CT molecular complexity index is 1020. The molecule has 0 aliphatic rings. The summed E-state index contributed by atoms with van der Waals surface area (Å²) in [4.78, 5) is 8.69. The van der Waals surface area contributed by atoms with Gasteiger partial charge in [0.1, 0.15) is 5.69 Å². The summed E-state index contributed by atoms with van der Waals surface area (Å²) in [6.45, 7) is 2.15. The van der Waals surface area contributed by atoms with E-state index in [4.69, 9.17) is 0 Å². The third-order valence-electron chi connectivity index (χ3n) is 4.39. The van der Waals surface area contributed by atoms with E-state index in [1.54, 1.807) is 0 Å². The van der Waals surface area contributed by atoms with Crippen molar-refractivity contribution in [3.63, 3.8) is 0 Å². The molecule has 0 radical (unpaired) electrons. The third-order valence-corrected chi connectivity index (χ3v) is 4.39. The first kappa shape index (κ1) is 14.5. The molecular weight excluding hydrogens is 294 g/mol. The average molecular weight is 312 g/mol. The first-order chi connectivity index (χ1) is 11.7. The van der Waals surface area contributed by atoms with Crippen molar-refractivity contribution in [1.29, 1.82) is 0 Å². The number of hydrogen-bond donors (Lipinski definition) is 0. The number of pyridine rings is 1. The predicted molar refractivity (Wildman–Crippen MR) is 96.3 cm³/mol. The predicted octanol–water partition coefficient (Wildman–Crippen LogP) is 4.10. The molecule has 0 saturated heterocycles. The summed E-state index contributed by atoms with van der Waals surface area (Å²) in [5.41, 5.74) is 7.02. The van der Waals surface area contributed by atoms with Crippen LogP contribution in [0.3, 0.4) is 0 Å². The maximum Gasteiger partial charge on any atom is 0.287 e. The molecule has 0 N–H and O–H groups in total. The van der Waals surface area contributed by atoms with Crippen LogP contribution in [0.2, 0.25) is 0 Å². The van der Waals surface area contributed by atoms with Crippen LogP contribution in [0.15, 0.2) is 73.3 Å². The first-order valence-electron chi connectivity index (χ1n) is 7.99. The molecular formula is C21H18N3+. The molecule has 0 fully saturated rings. The summed E-state index contributed by atoms with van der Waals surface area (Å²) < 4.78 is 2.10. The highest BCUT2D eigenvalue weighted by molar-refractivity contribution is 5.94. The standard InChI is InChI=1S/C21H18N3/c1-15-5-3-4-6-18(15)21-19-13-17(16-9-11-22-12-10-16)7-8-20(19)23-14-24(21)2/h3-14H,1-2H3/q+1. The van der Waals surface area contributed by atoms with Crippen molar-refractivity contribution < 1.29 is 4.57 Å². The normalized spacial score (nSPS) is 10.9. The zero-order valence-corrected chi connectivity index (χ0v) is 13.8. The van der Waals surface area contributed by atoms with Crippen LogP contribution in [0.4, 0.5) is 0 Å². The van der Waals surface area contributed by atoms with Gasteiger partial charge in [0.15, 0.2) is 5.52 Å². The summed E-state index contributed by atoms with van der Waals surface area (Å²) >= 11 is 0. The Morgan fingerprint density at radius 2 is 1.67 bits per heavy atom. The first-order valence-corrected chi connectivity index (χ1v) is 7.99. The fraction of sp³-hybridized carbons (Fsp3) is 0.0952. The maximum absolute atomic E-state index is 4.58. The molecule has 0 saturated carbocycles. The Labute approximate surface area is 141 Å². The highest BCUT2D eigenvalue weighted by Crippen LogP contribution is 2.30. The Morgan fingerprint density at radius 3 is 2.46 bits per heavy atom. The second-order valence-corrected chi connectivity index (χ2v) is 5.99. The molecule has 4 aromatic rings. The van der Waals surface area contributed by atoms with Gasteiger partial charge in [-0.05, 0) is 58.9 Å². The minimum atomic E-state index is 1.00. The van der Waals surface area contributed by atoms with Crippen LogP contribution in [0.1, 0.15) is 5.56 Å². The van der Waals surface area contributed by atoms with Crippen LogP contribution in [-0.4, -0.2) is 9.97 Å². The Hall–Kier alpha value is -3.07. The van der Waals surface area contributed by atoms with E-state index < -0.39 is 0 Å². The highest BCUT2D eigenvalue weighted by atomic mass is 15.0. The number of aryl methyl sites for hydroxylation is 2. The third kappa shape index (κ3) is 2.44. The van der Waals surface area contributed by atoms with Crippen LogP contribution in [0, 0.1) is 6.92 Å². The fourth-order valence-electron chi connectivity index (χ4n) is 3.13. The van der Waals surface area contributed by atoms with Gasteiger partial charge in [-0.2, -0.15) is 0 Å². The molecule has 0 unspecified atom stereocenters. The lowest BCUT2D eigenvalue weighted by molar-refractivity contribution is -0.662. The Kier molecular flexibility index (Phi) is 3.54. The van der Waals surface area contributed by atoms with Gasteiger partial charge in [-0.3, -0.25) is 4.98 Å². The summed E-state index contributed by atoms with van der Waals surface area (Å²) in [6, 6.07) is 19.0. The van der Waals surface area contributed by atoms with E-state index in [1.807, 2.05) is 37.9 Å². The molecule has 3 nitrogen and oxygen atoms in total. The van der Waals surface area contributed by atoms with Gasteiger partial charge in [-0.25, -0.2) is 4.57 Å². The minimum Gasteiger partial charge on any atom is -0.265 e. The molecule has 0 spiro atoms. The van der Waals surface area contributed by atoms with Gasteiger partial charge in [0.2, 0.25) is 0 Å². The molecule has 0 aliphatic heterocycles. The SMILES string of the molecule is Cc1ccccc1-c1c2cc(-c3ccncc3)ccc2nc[n+]1C. The van der Waals surface area contributed by atoms with Crippen LogP contribution in [0.25, 0.3) is 33.3 Å². The zero-order chi connectivity index (χ0) is 16.5. The second kappa shape index (κ2) is 5.85. The van der Waals surface area contributed by atoms with Crippen molar-refractivity contribution in [2.45, 2.75) is 6.92 Å². The minimum absolute atomic E-state index is 1.00. The van der Waals surface area contributed by atoms with E-state index in [2.05, 4.69) is 63.9 Å². The topological polar surface area (TPSA) is 29.7 Å². The van der Waals surface area contributed by atoms with E-state index in [1.165, 1.54) is 22.4 Å². The van der Waals surface area contributed by atoms with Gasteiger partial charge in [0.05, 0.1) is 12.4 Å². The lowest BCUT2D eigenvalue weighted by atomic mass is 9.98. The smallest absolute Gasteiger partial charge is 0.265 e. The lowest BCUT2D eigenvalue weighted by Gasteiger charge is -2.09. The number of hydrogen-bond acceptors (Lipinski definition) is 2. The fourth-order valence-corrected chi connectivity index (χ4v) is 3.13. The molecule has 3 heteroatoms. The van der Waals surface area contributed by atoms with Crippen LogP contribution in [0.5, 0.6) is 0 Å². The van der Waals surface area contributed by atoms with Gasteiger partial charge >= 0.3 is 0 Å². The molecule has 0 aliphatic carbocycles. The molecule has 116 valence electrons. The summed E-state index contributed by atoms with van der Waals surface area (Å²) in [6.07, 6.45) is 5.53. The van der Waals surface area contributed by atoms with Gasteiger partial charge in [-0.1, -0.05) is 24.3 Å². The summed E-state index contributed by atoms with van der Waals surface area (Å²) in [5.74, 6) is 0. The maximum atomic E-state index is 4.58. The van der Waals surface area contributed by atoms with E-state index in [-0.39, 0.29) is 0 Å². The number of aromatic nitrogens is 3. The molecule has 4 rings (SSSR count). The van der Waals surface area contributed by atoms with Crippen LogP contribution < -0.4 is 4.57 Å². The molecule has 0 amide bonds. The summed E-state index contributed by atoms with van der Waals surface area (Å²) in [5, 5.41) is 1.16. The second-order valence-electron chi connectivity index (χ2n) is 5.99. The van der Waals surface area contributed by atoms with Crippen molar-refractivity contribution in [2.24, 2.45) is 7.05 Å². The van der Waals surface area contributed by atoms with E-state index in [0.29, 0.717) is 0 Å². The van der Waals surface area contributed by atoms with E-state index in [9.17, 15) is 0 Å². The Balaban J connectivity index is 2.02. The van der Waals surface area contributed by atoms with Gasteiger partial charge in [0, 0.05) is 18.0 Å². The lowest BCUT2D eigenvalue weighted by Crippen LogP contribution is -2.31. The molecule has 2 aromatic carbocycles. The molecule has 0 bridgehead atoms. The largest absolute Gasteiger partial charge is 0.287 e. The highest BCUT2D eigenvalue weighted by Gasteiger charge is 2.17. The molecule has 2 heterocycles. The van der Waals surface area contributed by atoms with E-state index >= 15 is 0 Å². The van der Waals surface area contributed by atoms with Crippen molar-refractivity contribution in [1.82, 2.24) is 9.97 Å². The monoisotopic (exact) mass is 312 g/mol. The van der Waals surface area contributed by atoms with E-state index in [0.717, 1.165) is 16.5 Å². The van der Waals surface area contributed by atoms with Crippen molar-refractivity contribution in [2.75, 3.05) is 0 Å². The van der Waals surface area contributed by atoms with Gasteiger partial charge < -0.3 is 0 Å². The van der Waals surface area contributed by atoms with Crippen molar-refractivity contribution in [3.05, 3.63) is 78.9 Å². The van der Waals surface area contributed by atoms with Crippen LogP contribution >= 0.6 is 0 Å². The Morgan fingerprint density at radius 1 is 0.875 bits per heavy atom. The average Bonchev–Trinajstić information content (AvgIpc) is 2.63.